The predicted molar refractivity (Wildman–Crippen MR) is 70.8 cm³/mol. The van der Waals surface area contributed by atoms with Crippen molar-refractivity contribution in [2.45, 2.75) is 6.54 Å². The fourth-order valence-corrected chi connectivity index (χ4v) is 2.77. The standard InChI is InChI=1S/C10H11BrN4OS/c1-15-4-8(12)9(14-15)10(16)13-3-7-2-6(11)5-17-7/h2,4-5H,3,12H2,1H3,(H,13,16). The Morgan fingerprint density at radius 3 is 3.00 bits per heavy atom. The van der Waals surface area contributed by atoms with Crippen LogP contribution in [-0.4, -0.2) is 15.7 Å². The number of nitrogen functional groups attached to an aromatic ring is 1. The van der Waals surface area contributed by atoms with Crippen molar-refractivity contribution in [2.24, 2.45) is 7.05 Å². The highest BCUT2D eigenvalue weighted by atomic mass is 79.9. The Morgan fingerprint density at radius 2 is 2.47 bits per heavy atom. The Bertz CT molecular complexity index is 548. The van der Waals surface area contributed by atoms with Crippen LogP contribution in [-0.2, 0) is 13.6 Å². The summed E-state index contributed by atoms with van der Waals surface area (Å²) in [5.41, 5.74) is 6.32. The zero-order valence-corrected chi connectivity index (χ0v) is 11.5. The van der Waals surface area contributed by atoms with Gasteiger partial charge in [0.1, 0.15) is 0 Å². The molecule has 0 aliphatic carbocycles. The zero-order chi connectivity index (χ0) is 12.4. The first-order valence-corrected chi connectivity index (χ1v) is 6.54. The largest absolute Gasteiger partial charge is 0.396 e. The molecule has 0 aliphatic heterocycles. The molecule has 7 heteroatoms. The number of aryl methyl sites for hydroxylation is 1. The molecule has 0 fully saturated rings. The fourth-order valence-electron chi connectivity index (χ4n) is 1.38. The van der Waals surface area contributed by atoms with Gasteiger partial charge in [0.05, 0.1) is 12.2 Å². The highest BCUT2D eigenvalue weighted by molar-refractivity contribution is 9.10. The number of rotatable bonds is 3. The molecule has 90 valence electrons. The van der Waals surface area contributed by atoms with E-state index < -0.39 is 0 Å². The highest BCUT2D eigenvalue weighted by Crippen LogP contribution is 2.19. The lowest BCUT2D eigenvalue weighted by Crippen LogP contribution is -2.23. The number of nitrogens with zero attached hydrogens (tertiary/aromatic N) is 2. The van der Waals surface area contributed by atoms with Gasteiger partial charge in [0, 0.05) is 28.0 Å². The topological polar surface area (TPSA) is 72.9 Å². The molecule has 0 aromatic carbocycles. The molecule has 1 amide bonds. The first kappa shape index (κ1) is 12.1. The van der Waals surface area contributed by atoms with Crippen LogP contribution in [0.25, 0.3) is 0 Å². The number of aromatic nitrogens is 2. The van der Waals surface area contributed by atoms with Gasteiger partial charge in [0.25, 0.3) is 5.91 Å². The number of nitrogens with one attached hydrogen (secondary N) is 1. The quantitative estimate of drug-likeness (QED) is 0.906. The van der Waals surface area contributed by atoms with Crippen LogP contribution in [0, 0.1) is 0 Å². The van der Waals surface area contributed by atoms with Crippen molar-refractivity contribution < 1.29 is 4.79 Å². The van der Waals surface area contributed by atoms with Gasteiger partial charge in [-0.25, -0.2) is 0 Å². The lowest BCUT2D eigenvalue weighted by Gasteiger charge is -2.01. The van der Waals surface area contributed by atoms with E-state index in [1.165, 1.54) is 4.68 Å². The number of hydrogen-bond donors (Lipinski definition) is 2. The maximum atomic E-state index is 11.8. The van der Waals surface area contributed by atoms with Crippen molar-refractivity contribution >= 4 is 38.9 Å². The summed E-state index contributed by atoms with van der Waals surface area (Å²) in [6.45, 7) is 0.477. The summed E-state index contributed by atoms with van der Waals surface area (Å²) in [5, 5.41) is 8.75. The predicted octanol–water partition coefficient (Wildman–Crippen LogP) is 1.76. The molecule has 0 bridgehead atoms. The first-order chi connectivity index (χ1) is 8.06. The molecule has 0 saturated carbocycles. The monoisotopic (exact) mass is 314 g/mol. The third-order valence-electron chi connectivity index (χ3n) is 2.12. The van der Waals surface area contributed by atoms with E-state index in [1.807, 2.05) is 11.4 Å². The van der Waals surface area contributed by atoms with Crippen LogP contribution in [0.5, 0.6) is 0 Å². The molecule has 0 unspecified atom stereocenters. The average molecular weight is 315 g/mol. The lowest BCUT2D eigenvalue weighted by molar-refractivity contribution is 0.0946. The number of carbonyl (C=O) groups excluding carboxylic acids is 1. The molecule has 5 nitrogen and oxygen atoms in total. The van der Waals surface area contributed by atoms with Gasteiger partial charge in [-0.1, -0.05) is 0 Å². The number of hydrogen-bond acceptors (Lipinski definition) is 4. The maximum absolute atomic E-state index is 11.8. The Hall–Kier alpha value is -1.34. The van der Waals surface area contributed by atoms with Crippen LogP contribution in [0.15, 0.2) is 22.1 Å². The summed E-state index contributed by atoms with van der Waals surface area (Å²) >= 11 is 4.94. The van der Waals surface area contributed by atoms with Gasteiger partial charge in [-0.15, -0.1) is 11.3 Å². The molecule has 17 heavy (non-hydrogen) atoms. The molecule has 0 spiro atoms. The van der Waals surface area contributed by atoms with Crippen molar-refractivity contribution in [3.05, 3.63) is 32.7 Å². The van der Waals surface area contributed by atoms with Crippen molar-refractivity contribution in [3.8, 4) is 0 Å². The van der Waals surface area contributed by atoms with Gasteiger partial charge in [0.2, 0.25) is 0 Å². The molecule has 2 aromatic heterocycles. The third-order valence-corrected chi connectivity index (χ3v) is 3.81. The SMILES string of the molecule is Cn1cc(N)c(C(=O)NCc2cc(Br)cs2)n1. The molecule has 2 heterocycles. The number of carbonyl (C=O) groups is 1. The second-order valence-electron chi connectivity index (χ2n) is 3.52. The number of anilines is 1. The van der Waals surface area contributed by atoms with Crippen LogP contribution in [0.3, 0.4) is 0 Å². The molecule has 0 atom stereocenters. The van der Waals surface area contributed by atoms with E-state index in [0.717, 1.165) is 9.35 Å². The molecule has 2 aromatic rings. The van der Waals surface area contributed by atoms with E-state index in [4.69, 9.17) is 5.73 Å². The Labute approximate surface area is 111 Å². The van der Waals surface area contributed by atoms with Crippen molar-refractivity contribution in [3.63, 3.8) is 0 Å². The zero-order valence-electron chi connectivity index (χ0n) is 9.11. The van der Waals surface area contributed by atoms with Crippen molar-refractivity contribution in [1.29, 1.82) is 0 Å². The van der Waals surface area contributed by atoms with Gasteiger partial charge in [-0.3, -0.25) is 9.48 Å². The number of nitrogens with two attached hydrogens (primary N) is 1. The second-order valence-corrected chi connectivity index (χ2v) is 5.43. The van der Waals surface area contributed by atoms with E-state index in [0.29, 0.717) is 12.2 Å². The minimum absolute atomic E-state index is 0.257. The van der Waals surface area contributed by atoms with E-state index in [1.54, 1.807) is 24.6 Å². The Morgan fingerprint density at radius 1 is 1.71 bits per heavy atom. The second kappa shape index (κ2) is 4.89. The van der Waals surface area contributed by atoms with Crippen LogP contribution in [0.2, 0.25) is 0 Å². The minimum Gasteiger partial charge on any atom is -0.396 e. The molecule has 3 N–H and O–H groups in total. The van der Waals surface area contributed by atoms with Gasteiger partial charge in [-0.05, 0) is 22.0 Å². The van der Waals surface area contributed by atoms with Gasteiger partial charge in [-0.2, -0.15) is 5.10 Å². The average Bonchev–Trinajstić information content (AvgIpc) is 2.81. The molecule has 2 rings (SSSR count). The minimum atomic E-state index is -0.257. The molecule has 0 aliphatic rings. The van der Waals surface area contributed by atoms with Gasteiger partial charge < -0.3 is 11.1 Å². The van der Waals surface area contributed by atoms with Crippen LogP contribution in [0.4, 0.5) is 5.69 Å². The van der Waals surface area contributed by atoms with Crippen LogP contribution >= 0.6 is 27.3 Å². The van der Waals surface area contributed by atoms with E-state index >= 15 is 0 Å². The number of halogens is 1. The Kier molecular flexibility index (Phi) is 3.49. The summed E-state index contributed by atoms with van der Waals surface area (Å²) in [5.74, 6) is -0.257. The van der Waals surface area contributed by atoms with E-state index in [2.05, 4.69) is 26.3 Å². The summed E-state index contributed by atoms with van der Waals surface area (Å²) in [7, 11) is 1.73. The van der Waals surface area contributed by atoms with Crippen molar-refractivity contribution in [1.82, 2.24) is 15.1 Å². The lowest BCUT2D eigenvalue weighted by atomic mass is 10.3. The molecule has 0 radical (unpaired) electrons. The van der Waals surface area contributed by atoms with E-state index in [9.17, 15) is 4.79 Å². The van der Waals surface area contributed by atoms with Gasteiger partial charge in [0.15, 0.2) is 5.69 Å². The number of thiophene rings is 1. The van der Waals surface area contributed by atoms with Crippen LogP contribution in [0.1, 0.15) is 15.4 Å². The summed E-state index contributed by atoms with van der Waals surface area (Å²) < 4.78 is 2.54. The maximum Gasteiger partial charge on any atom is 0.274 e. The molecular weight excluding hydrogens is 304 g/mol. The first-order valence-electron chi connectivity index (χ1n) is 4.86. The van der Waals surface area contributed by atoms with E-state index in [-0.39, 0.29) is 11.6 Å². The third kappa shape index (κ3) is 2.86. The molecular formula is C10H11BrN4OS. The highest BCUT2D eigenvalue weighted by Gasteiger charge is 2.13. The van der Waals surface area contributed by atoms with Gasteiger partial charge >= 0.3 is 0 Å². The summed E-state index contributed by atoms with van der Waals surface area (Å²) in [6, 6.07) is 1.97. The van der Waals surface area contributed by atoms with Crippen molar-refractivity contribution in [2.75, 3.05) is 5.73 Å². The Balaban J connectivity index is 2.00. The number of amides is 1. The fraction of sp³-hybridized carbons (Fsp3) is 0.200. The smallest absolute Gasteiger partial charge is 0.274 e. The van der Waals surface area contributed by atoms with Crippen LogP contribution < -0.4 is 11.1 Å². The summed E-state index contributed by atoms with van der Waals surface area (Å²) in [4.78, 5) is 12.9. The molecule has 0 saturated heterocycles. The normalized spacial score (nSPS) is 10.5. The summed E-state index contributed by atoms with van der Waals surface area (Å²) in [6.07, 6.45) is 1.61.